The van der Waals surface area contributed by atoms with E-state index in [4.69, 9.17) is 0 Å². The van der Waals surface area contributed by atoms with Gasteiger partial charge in [-0.05, 0) is 39.4 Å². The van der Waals surface area contributed by atoms with Gasteiger partial charge in [0.2, 0.25) is 0 Å². The molecule has 6 nitrogen and oxygen atoms in total. The monoisotopic (exact) mass is 365 g/mol. The number of aryl methyl sites for hydroxylation is 1. The van der Waals surface area contributed by atoms with E-state index in [1.54, 1.807) is 0 Å². The van der Waals surface area contributed by atoms with E-state index in [-0.39, 0.29) is 11.9 Å². The van der Waals surface area contributed by atoms with Crippen LogP contribution in [-0.2, 0) is 20.0 Å². The van der Waals surface area contributed by atoms with Crippen molar-refractivity contribution in [3.8, 4) is 0 Å². The lowest BCUT2D eigenvalue weighted by molar-refractivity contribution is 0.0934. The Hall–Kier alpha value is -2.60. The van der Waals surface area contributed by atoms with Gasteiger partial charge in [-0.15, -0.1) is 0 Å². The molecule has 0 fully saturated rings. The van der Waals surface area contributed by atoms with E-state index in [0.29, 0.717) is 0 Å². The van der Waals surface area contributed by atoms with Gasteiger partial charge in [0.25, 0.3) is 5.91 Å². The summed E-state index contributed by atoms with van der Waals surface area (Å²) in [6.45, 7) is 1.79. The number of nitrogens with zero attached hydrogens (tertiary/aromatic N) is 4. The van der Waals surface area contributed by atoms with Crippen LogP contribution in [0.15, 0.2) is 36.7 Å². The van der Waals surface area contributed by atoms with E-state index in [1.165, 1.54) is 5.69 Å². The SMILES string of the molecule is CN(C)CCn1cc(C(=O)NC2CCCc3c2cnn3C)c2ccccc21. The topological polar surface area (TPSA) is 55.1 Å². The van der Waals surface area contributed by atoms with Crippen LogP contribution in [0.1, 0.15) is 40.5 Å². The fourth-order valence-corrected chi connectivity index (χ4v) is 4.01. The quantitative estimate of drug-likeness (QED) is 0.756. The van der Waals surface area contributed by atoms with Crippen molar-refractivity contribution in [1.29, 1.82) is 0 Å². The van der Waals surface area contributed by atoms with Crippen molar-refractivity contribution in [2.45, 2.75) is 31.8 Å². The summed E-state index contributed by atoms with van der Waals surface area (Å²) >= 11 is 0. The molecule has 142 valence electrons. The van der Waals surface area contributed by atoms with E-state index in [1.807, 2.05) is 42.3 Å². The van der Waals surface area contributed by atoms with Crippen molar-refractivity contribution in [3.63, 3.8) is 0 Å². The fourth-order valence-electron chi connectivity index (χ4n) is 4.01. The van der Waals surface area contributed by atoms with Crippen molar-refractivity contribution >= 4 is 16.8 Å². The highest BCUT2D eigenvalue weighted by Gasteiger charge is 2.26. The maximum absolute atomic E-state index is 13.1. The molecule has 1 atom stereocenters. The standard InChI is InChI=1S/C21H27N5O/c1-24(2)11-12-26-14-17(15-7-4-5-9-20(15)26)21(27)23-18-8-6-10-19-16(18)13-22-25(19)3/h4-5,7,9,13-14,18H,6,8,10-12H2,1-3H3,(H,23,27). The fraction of sp³-hybridized carbons (Fsp3) is 0.429. The van der Waals surface area contributed by atoms with Gasteiger partial charge in [0.05, 0.1) is 17.8 Å². The number of hydrogen-bond acceptors (Lipinski definition) is 3. The van der Waals surface area contributed by atoms with Crippen LogP contribution in [0.4, 0.5) is 0 Å². The molecule has 2 aromatic heterocycles. The minimum absolute atomic E-state index is 0.00324. The minimum atomic E-state index is -0.00324. The summed E-state index contributed by atoms with van der Waals surface area (Å²) in [4.78, 5) is 15.3. The first-order chi connectivity index (χ1) is 13.0. The van der Waals surface area contributed by atoms with Crippen LogP contribution < -0.4 is 5.32 Å². The number of carbonyl (C=O) groups excluding carboxylic acids is 1. The Labute approximate surface area is 159 Å². The molecule has 1 amide bonds. The second-order valence-corrected chi connectivity index (χ2v) is 7.65. The molecule has 0 spiro atoms. The van der Waals surface area contributed by atoms with Crippen LogP contribution in [0.3, 0.4) is 0 Å². The third-order valence-corrected chi connectivity index (χ3v) is 5.50. The van der Waals surface area contributed by atoms with Gasteiger partial charge < -0.3 is 14.8 Å². The summed E-state index contributed by atoms with van der Waals surface area (Å²) in [5.74, 6) is -0.00324. The Morgan fingerprint density at radius 3 is 2.96 bits per heavy atom. The third kappa shape index (κ3) is 3.37. The summed E-state index contributed by atoms with van der Waals surface area (Å²) < 4.78 is 4.11. The third-order valence-electron chi connectivity index (χ3n) is 5.50. The number of benzene rings is 1. The number of hydrogen-bond donors (Lipinski definition) is 1. The highest BCUT2D eigenvalue weighted by molar-refractivity contribution is 6.07. The molecule has 0 bridgehead atoms. The summed E-state index contributed by atoms with van der Waals surface area (Å²) in [7, 11) is 6.10. The predicted molar refractivity (Wildman–Crippen MR) is 107 cm³/mol. The summed E-state index contributed by atoms with van der Waals surface area (Å²) in [6, 6.07) is 8.18. The number of para-hydroxylation sites is 1. The first-order valence-electron chi connectivity index (χ1n) is 9.59. The summed E-state index contributed by atoms with van der Waals surface area (Å²) in [5, 5.41) is 8.65. The van der Waals surface area contributed by atoms with Gasteiger partial charge in [0.1, 0.15) is 0 Å². The van der Waals surface area contributed by atoms with Crippen LogP contribution in [0.5, 0.6) is 0 Å². The van der Waals surface area contributed by atoms with E-state index < -0.39 is 0 Å². The zero-order valence-electron chi connectivity index (χ0n) is 16.3. The Balaban J connectivity index is 1.62. The number of amides is 1. The predicted octanol–water partition coefficient (Wildman–Crippen LogP) is 2.74. The number of likely N-dealkylation sites (N-methyl/N-ethyl adjacent to an activating group) is 1. The molecule has 0 saturated carbocycles. The number of nitrogens with one attached hydrogen (secondary N) is 1. The first-order valence-corrected chi connectivity index (χ1v) is 9.59. The number of fused-ring (bicyclic) bond motifs is 2. The average Bonchev–Trinajstić information content (AvgIpc) is 3.22. The van der Waals surface area contributed by atoms with E-state index in [2.05, 4.69) is 40.0 Å². The van der Waals surface area contributed by atoms with E-state index >= 15 is 0 Å². The van der Waals surface area contributed by atoms with Crippen molar-refractivity contribution < 1.29 is 4.79 Å². The highest BCUT2D eigenvalue weighted by Crippen LogP contribution is 2.30. The van der Waals surface area contributed by atoms with Crippen LogP contribution in [0.25, 0.3) is 10.9 Å². The first kappa shape index (κ1) is 17.8. The maximum Gasteiger partial charge on any atom is 0.253 e. The van der Waals surface area contributed by atoms with Crippen molar-refractivity contribution in [1.82, 2.24) is 24.6 Å². The number of rotatable bonds is 5. The van der Waals surface area contributed by atoms with Gasteiger partial charge >= 0.3 is 0 Å². The van der Waals surface area contributed by atoms with Crippen molar-refractivity contribution in [2.24, 2.45) is 7.05 Å². The smallest absolute Gasteiger partial charge is 0.253 e. The largest absolute Gasteiger partial charge is 0.345 e. The molecule has 3 aromatic rings. The molecule has 1 aliphatic carbocycles. The Morgan fingerprint density at radius 1 is 1.33 bits per heavy atom. The molecule has 1 N–H and O–H groups in total. The lowest BCUT2D eigenvalue weighted by atomic mass is 9.92. The molecule has 27 heavy (non-hydrogen) atoms. The molecular weight excluding hydrogens is 338 g/mol. The average molecular weight is 365 g/mol. The minimum Gasteiger partial charge on any atom is -0.345 e. The Bertz CT molecular complexity index is 968. The van der Waals surface area contributed by atoms with E-state index in [9.17, 15) is 4.79 Å². The van der Waals surface area contributed by atoms with Crippen molar-refractivity contribution in [3.05, 3.63) is 53.5 Å². The Morgan fingerprint density at radius 2 is 2.15 bits per heavy atom. The van der Waals surface area contributed by atoms with Gasteiger partial charge in [-0.25, -0.2) is 0 Å². The molecule has 6 heteroatoms. The lowest BCUT2D eigenvalue weighted by Crippen LogP contribution is -2.30. The highest BCUT2D eigenvalue weighted by atomic mass is 16.1. The van der Waals surface area contributed by atoms with Crippen LogP contribution in [-0.4, -0.2) is 45.8 Å². The number of aromatic nitrogens is 3. The molecule has 1 unspecified atom stereocenters. The zero-order chi connectivity index (χ0) is 19.0. The summed E-state index contributed by atoms with van der Waals surface area (Å²) in [6.07, 6.45) is 6.96. The molecule has 2 heterocycles. The van der Waals surface area contributed by atoms with Gasteiger partial charge in [-0.3, -0.25) is 9.48 Å². The van der Waals surface area contributed by atoms with Gasteiger partial charge in [0.15, 0.2) is 0 Å². The molecule has 1 aliphatic rings. The van der Waals surface area contributed by atoms with Gasteiger partial charge in [-0.1, -0.05) is 18.2 Å². The lowest BCUT2D eigenvalue weighted by Gasteiger charge is -2.23. The Kier molecular flexibility index (Phi) is 4.74. The zero-order valence-corrected chi connectivity index (χ0v) is 16.3. The normalized spacial score (nSPS) is 16.7. The molecule has 0 radical (unpaired) electrons. The van der Waals surface area contributed by atoms with E-state index in [0.717, 1.165) is 54.4 Å². The van der Waals surface area contributed by atoms with Crippen LogP contribution in [0.2, 0.25) is 0 Å². The molecule has 0 saturated heterocycles. The second kappa shape index (κ2) is 7.19. The molecular formula is C21H27N5O. The summed E-state index contributed by atoms with van der Waals surface area (Å²) in [5.41, 5.74) is 4.25. The maximum atomic E-state index is 13.1. The van der Waals surface area contributed by atoms with Crippen LogP contribution in [0, 0.1) is 0 Å². The van der Waals surface area contributed by atoms with Gasteiger partial charge in [-0.2, -0.15) is 5.10 Å². The number of carbonyl (C=O) groups is 1. The van der Waals surface area contributed by atoms with Crippen molar-refractivity contribution in [2.75, 3.05) is 20.6 Å². The molecule has 0 aliphatic heterocycles. The van der Waals surface area contributed by atoms with Crippen LogP contribution >= 0.6 is 0 Å². The second-order valence-electron chi connectivity index (χ2n) is 7.65. The molecule has 4 rings (SSSR count). The molecule has 1 aromatic carbocycles. The van der Waals surface area contributed by atoms with Gasteiger partial charge in [0, 0.05) is 48.5 Å².